The molecule has 2 fully saturated rings. The fraction of sp³-hybridized carbons (Fsp3) is 1.00. The van der Waals surface area contributed by atoms with Gasteiger partial charge in [-0.25, -0.2) is 0 Å². The van der Waals surface area contributed by atoms with Crippen LogP contribution in [-0.4, -0.2) is 63.7 Å². The van der Waals surface area contributed by atoms with Gasteiger partial charge in [-0.2, -0.15) is 0 Å². The van der Waals surface area contributed by atoms with E-state index in [1.165, 1.54) is 64.8 Å². The van der Waals surface area contributed by atoms with Crippen LogP contribution in [-0.2, 0) is 0 Å². The van der Waals surface area contributed by atoms with Crippen molar-refractivity contribution in [3.05, 3.63) is 0 Å². The zero-order chi connectivity index (χ0) is 13.0. The molecule has 1 heterocycles. The SMILES string of the molecule is CNCC1(CN(C)CCC2CCN(C)C2)CCC1. The molecule has 0 aromatic carbocycles. The Morgan fingerprint density at radius 1 is 1.39 bits per heavy atom. The first kappa shape index (κ1) is 14.3. The minimum Gasteiger partial charge on any atom is -0.319 e. The monoisotopic (exact) mass is 253 g/mol. The summed E-state index contributed by atoms with van der Waals surface area (Å²) < 4.78 is 0. The van der Waals surface area contributed by atoms with Crippen LogP contribution in [0.25, 0.3) is 0 Å². The highest BCUT2D eigenvalue weighted by molar-refractivity contribution is 4.91. The van der Waals surface area contributed by atoms with Crippen LogP contribution in [0.15, 0.2) is 0 Å². The van der Waals surface area contributed by atoms with Crippen molar-refractivity contribution in [3.8, 4) is 0 Å². The summed E-state index contributed by atoms with van der Waals surface area (Å²) >= 11 is 0. The van der Waals surface area contributed by atoms with Crippen LogP contribution in [0.1, 0.15) is 32.1 Å². The summed E-state index contributed by atoms with van der Waals surface area (Å²) in [7, 11) is 6.66. The molecule has 0 aromatic heterocycles. The summed E-state index contributed by atoms with van der Waals surface area (Å²) in [6.45, 7) is 6.39. The van der Waals surface area contributed by atoms with Gasteiger partial charge in [-0.1, -0.05) is 6.42 Å². The first-order chi connectivity index (χ1) is 8.63. The fourth-order valence-electron chi connectivity index (χ4n) is 3.76. The van der Waals surface area contributed by atoms with Gasteiger partial charge in [0.05, 0.1) is 0 Å². The molecule has 3 heteroatoms. The van der Waals surface area contributed by atoms with Gasteiger partial charge in [0.25, 0.3) is 0 Å². The van der Waals surface area contributed by atoms with E-state index < -0.39 is 0 Å². The summed E-state index contributed by atoms with van der Waals surface area (Å²) in [5.74, 6) is 0.944. The van der Waals surface area contributed by atoms with Gasteiger partial charge in [-0.15, -0.1) is 0 Å². The van der Waals surface area contributed by atoms with E-state index in [9.17, 15) is 0 Å². The first-order valence-electron chi connectivity index (χ1n) is 7.65. The van der Waals surface area contributed by atoms with Crippen molar-refractivity contribution in [2.45, 2.75) is 32.1 Å². The standard InChI is InChI=1S/C15H31N3/c1-16-12-15(7-4-8-15)13-18(3)10-6-14-5-9-17(2)11-14/h14,16H,4-13H2,1-3H3. The zero-order valence-electron chi connectivity index (χ0n) is 12.5. The summed E-state index contributed by atoms with van der Waals surface area (Å²) in [6.07, 6.45) is 7.07. The topological polar surface area (TPSA) is 18.5 Å². The van der Waals surface area contributed by atoms with E-state index in [1.807, 2.05) is 0 Å². The molecule has 106 valence electrons. The Kier molecular flexibility index (Phi) is 5.05. The first-order valence-corrected chi connectivity index (χ1v) is 7.65. The van der Waals surface area contributed by atoms with Crippen molar-refractivity contribution in [2.75, 3.05) is 53.9 Å². The van der Waals surface area contributed by atoms with E-state index in [0.717, 1.165) is 5.92 Å². The van der Waals surface area contributed by atoms with Crippen molar-refractivity contribution in [2.24, 2.45) is 11.3 Å². The zero-order valence-corrected chi connectivity index (χ0v) is 12.5. The molecule has 1 saturated heterocycles. The van der Waals surface area contributed by atoms with Gasteiger partial charge in [0, 0.05) is 19.6 Å². The molecule has 0 amide bonds. The Morgan fingerprint density at radius 2 is 2.17 bits per heavy atom. The van der Waals surface area contributed by atoms with Crippen molar-refractivity contribution in [1.82, 2.24) is 15.1 Å². The number of likely N-dealkylation sites (tertiary alicyclic amines) is 1. The highest BCUT2D eigenvalue weighted by Crippen LogP contribution is 2.40. The number of hydrogen-bond acceptors (Lipinski definition) is 3. The predicted molar refractivity (Wildman–Crippen MR) is 77.9 cm³/mol. The second-order valence-corrected chi connectivity index (χ2v) is 6.83. The maximum absolute atomic E-state index is 3.39. The number of nitrogens with one attached hydrogen (secondary N) is 1. The van der Waals surface area contributed by atoms with Crippen LogP contribution in [0.4, 0.5) is 0 Å². The fourth-order valence-corrected chi connectivity index (χ4v) is 3.76. The Bertz CT molecular complexity index is 250. The van der Waals surface area contributed by atoms with E-state index in [1.54, 1.807) is 0 Å². The molecule has 18 heavy (non-hydrogen) atoms. The van der Waals surface area contributed by atoms with Gasteiger partial charge in [0.15, 0.2) is 0 Å². The predicted octanol–water partition coefficient (Wildman–Crippen LogP) is 1.65. The normalized spacial score (nSPS) is 27.7. The third-order valence-electron chi connectivity index (χ3n) is 4.98. The van der Waals surface area contributed by atoms with Gasteiger partial charge in [-0.3, -0.25) is 0 Å². The van der Waals surface area contributed by atoms with Crippen molar-refractivity contribution in [1.29, 1.82) is 0 Å². The van der Waals surface area contributed by atoms with Gasteiger partial charge < -0.3 is 15.1 Å². The second-order valence-electron chi connectivity index (χ2n) is 6.83. The third kappa shape index (κ3) is 3.69. The average molecular weight is 253 g/mol. The molecule has 3 nitrogen and oxygen atoms in total. The maximum Gasteiger partial charge on any atom is 0.00471 e. The van der Waals surface area contributed by atoms with Gasteiger partial charge >= 0.3 is 0 Å². The molecule has 1 saturated carbocycles. The molecule has 1 unspecified atom stereocenters. The Hall–Kier alpha value is -0.120. The molecule has 2 aliphatic rings. The summed E-state index contributed by atoms with van der Waals surface area (Å²) in [5.41, 5.74) is 0.593. The summed E-state index contributed by atoms with van der Waals surface area (Å²) in [6, 6.07) is 0. The van der Waals surface area contributed by atoms with Crippen molar-refractivity contribution in [3.63, 3.8) is 0 Å². The molecule has 0 radical (unpaired) electrons. The lowest BCUT2D eigenvalue weighted by molar-refractivity contribution is 0.0774. The van der Waals surface area contributed by atoms with Crippen molar-refractivity contribution >= 4 is 0 Å². The summed E-state index contributed by atoms with van der Waals surface area (Å²) in [5, 5.41) is 3.39. The molecule has 0 bridgehead atoms. The third-order valence-corrected chi connectivity index (χ3v) is 4.98. The van der Waals surface area contributed by atoms with Gasteiger partial charge in [0.1, 0.15) is 0 Å². The van der Waals surface area contributed by atoms with E-state index in [2.05, 4.69) is 36.3 Å². The minimum atomic E-state index is 0.593. The van der Waals surface area contributed by atoms with Crippen LogP contribution < -0.4 is 5.32 Å². The molecule has 0 aromatic rings. The van der Waals surface area contributed by atoms with Crippen LogP contribution in [0, 0.1) is 11.3 Å². The smallest absolute Gasteiger partial charge is 0.00471 e. The molecule has 1 N–H and O–H groups in total. The van der Waals surface area contributed by atoms with Crippen LogP contribution >= 0.6 is 0 Å². The average Bonchev–Trinajstić information content (AvgIpc) is 2.70. The highest BCUT2D eigenvalue weighted by Gasteiger charge is 2.37. The lowest BCUT2D eigenvalue weighted by atomic mass is 9.68. The molecule has 1 aliphatic carbocycles. The lowest BCUT2D eigenvalue weighted by Gasteiger charge is -2.44. The van der Waals surface area contributed by atoms with Crippen LogP contribution in [0.3, 0.4) is 0 Å². The Morgan fingerprint density at radius 3 is 2.67 bits per heavy atom. The quantitative estimate of drug-likeness (QED) is 0.744. The summed E-state index contributed by atoms with van der Waals surface area (Å²) in [4.78, 5) is 5.05. The number of rotatable bonds is 7. The van der Waals surface area contributed by atoms with E-state index in [4.69, 9.17) is 0 Å². The molecule has 2 rings (SSSR count). The number of nitrogens with zero attached hydrogens (tertiary/aromatic N) is 2. The molecule has 0 spiro atoms. The largest absolute Gasteiger partial charge is 0.319 e. The van der Waals surface area contributed by atoms with Gasteiger partial charge in [0.2, 0.25) is 0 Å². The second kappa shape index (κ2) is 6.36. The Labute approximate surface area is 113 Å². The highest BCUT2D eigenvalue weighted by atomic mass is 15.1. The van der Waals surface area contributed by atoms with E-state index in [0.29, 0.717) is 5.41 Å². The number of hydrogen-bond donors (Lipinski definition) is 1. The molecule has 1 aliphatic heterocycles. The van der Waals surface area contributed by atoms with Crippen LogP contribution in [0.5, 0.6) is 0 Å². The van der Waals surface area contributed by atoms with Crippen molar-refractivity contribution < 1.29 is 0 Å². The minimum absolute atomic E-state index is 0.593. The molecular weight excluding hydrogens is 222 g/mol. The van der Waals surface area contributed by atoms with E-state index in [-0.39, 0.29) is 0 Å². The van der Waals surface area contributed by atoms with E-state index >= 15 is 0 Å². The Balaban J connectivity index is 1.66. The molecular formula is C15H31N3. The van der Waals surface area contributed by atoms with Gasteiger partial charge in [-0.05, 0) is 71.2 Å². The van der Waals surface area contributed by atoms with Crippen LogP contribution in [0.2, 0.25) is 0 Å². The maximum atomic E-state index is 3.39. The molecule has 1 atom stereocenters. The lowest BCUT2D eigenvalue weighted by Crippen LogP contribution is -2.47.